The van der Waals surface area contributed by atoms with E-state index in [1.807, 2.05) is 39.8 Å². The van der Waals surface area contributed by atoms with Crippen LogP contribution in [0.3, 0.4) is 0 Å². The van der Waals surface area contributed by atoms with Gasteiger partial charge in [-0.15, -0.1) is 0 Å². The zero-order chi connectivity index (χ0) is 31.7. The first kappa shape index (κ1) is 33.7. The summed E-state index contributed by atoms with van der Waals surface area (Å²) in [5, 5.41) is 3.16. The fraction of sp³-hybridized carbons (Fsp3) is 0.375. The summed E-state index contributed by atoms with van der Waals surface area (Å²) in [5.41, 5.74) is 1.82. The first-order valence-electron chi connectivity index (χ1n) is 14.1. The zero-order valence-electron chi connectivity index (χ0n) is 25.5. The number of hydrogen-bond donors (Lipinski definition) is 1. The molecule has 0 aromatic heterocycles. The minimum atomic E-state index is -4.22. The number of carbonyl (C=O) groups excluding carboxylic acids is 2. The largest absolute Gasteiger partial charge is 0.497 e. The van der Waals surface area contributed by atoms with Crippen LogP contribution in [0.5, 0.6) is 11.5 Å². The number of nitrogens with one attached hydrogen (secondary N) is 1. The molecule has 0 fully saturated rings. The van der Waals surface area contributed by atoms with Gasteiger partial charge < -0.3 is 19.7 Å². The summed E-state index contributed by atoms with van der Waals surface area (Å²) in [6.45, 7) is 7.04. The highest BCUT2D eigenvalue weighted by molar-refractivity contribution is 7.92. The molecule has 3 rings (SSSR count). The summed E-state index contributed by atoms with van der Waals surface area (Å²) < 4.78 is 39.6. The van der Waals surface area contributed by atoms with E-state index in [-0.39, 0.29) is 34.1 Å². The third kappa shape index (κ3) is 8.42. The number of aryl methyl sites for hydroxylation is 1. The van der Waals surface area contributed by atoms with Crippen molar-refractivity contribution >= 4 is 39.1 Å². The van der Waals surface area contributed by atoms with E-state index in [0.29, 0.717) is 17.9 Å². The number of hydrogen-bond acceptors (Lipinski definition) is 6. The maximum absolute atomic E-state index is 14.2. The van der Waals surface area contributed by atoms with E-state index >= 15 is 0 Å². The Morgan fingerprint density at radius 1 is 0.930 bits per heavy atom. The lowest BCUT2D eigenvalue weighted by atomic mass is 10.1. The topological polar surface area (TPSA) is 105 Å². The van der Waals surface area contributed by atoms with E-state index in [2.05, 4.69) is 5.32 Å². The normalized spacial score (nSPS) is 12.6. The van der Waals surface area contributed by atoms with Gasteiger partial charge in [0.25, 0.3) is 10.0 Å². The molecule has 0 aliphatic carbocycles. The summed E-state index contributed by atoms with van der Waals surface area (Å²) in [4.78, 5) is 29.1. The molecule has 11 heteroatoms. The second-order valence-corrected chi connectivity index (χ2v) is 12.5. The van der Waals surface area contributed by atoms with Crippen LogP contribution in [-0.4, -0.2) is 58.0 Å². The minimum absolute atomic E-state index is 0.0149. The van der Waals surface area contributed by atoms with Crippen molar-refractivity contribution in [3.63, 3.8) is 0 Å². The molecule has 43 heavy (non-hydrogen) atoms. The molecule has 9 nitrogen and oxygen atoms in total. The van der Waals surface area contributed by atoms with Crippen LogP contribution in [-0.2, 0) is 26.2 Å². The second-order valence-electron chi connectivity index (χ2n) is 10.3. The van der Waals surface area contributed by atoms with Gasteiger partial charge in [-0.1, -0.05) is 55.3 Å². The van der Waals surface area contributed by atoms with Crippen LogP contribution in [0.4, 0.5) is 5.69 Å². The van der Waals surface area contributed by atoms with Crippen molar-refractivity contribution in [3.05, 3.63) is 82.9 Å². The van der Waals surface area contributed by atoms with E-state index in [9.17, 15) is 18.0 Å². The Hall–Kier alpha value is -3.76. The number of ether oxygens (including phenoxy) is 2. The Morgan fingerprint density at radius 2 is 1.58 bits per heavy atom. The molecule has 0 aliphatic rings. The number of sulfonamides is 1. The van der Waals surface area contributed by atoms with Crippen LogP contribution in [0.15, 0.2) is 71.6 Å². The van der Waals surface area contributed by atoms with Gasteiger partial charge in [0, 0.05) is 12.6 Å². The average molecular weight is 630 g/mol. The van der Waals surface area contributed by atoms with Gasteiger partial charge >= 0.3 is 0 Å². The Bertz CT molecular complexity index is 1500. The van der Waals surface area contributed by atoms with Crippen molar-refractivity contribution in [2.75, 3.05) is 25.1 Å². The maximum atomic E-state index is 14.2. The number of anilines is 1. The van der Waals surface area contributed by atoms with Gasteiger partial charge in [-0.2, -0.15) is 0 Å². The van der Waals surface area contributed by atoms with Crippen LogP contribution in [0, 0.1) is 6.92 Å². The number of rotatable bonds is 14. The molecule has 0 saturated heterocycles. The van der Waals surface area contributed by atoms with Gasteiger partial charge in [-0.05, 0) is 74.7 Å². The number of nitrogens with zero attached hydrogens (tertiary/aromatic N) is 2. The molecule has 0 saturated carbocycles. The molecule has 0 radical (unpaired) electrons. The smallest absolute Gasteiger partial charge is 0.264 e. The maximum Gasteiger partial charge on any atom is 0.264 e. The summed E-state index contributed by atoms with van der Waals surface area (Å²) >= 11 is 6.39. The van der Waals surface area contributed by atoms with Gasteiger partial charge in [0.15, 0.2) is 0 Å². The number of methoxy groups -OCH3 is 2. The van der Waals surface area contributed by atoms with Crippen molar-refractivity contribution in [2.45, 2.75) is 64.1 Å². The molecule has 3 aromatic rings. The summed E-state index contributed by atoms with van der Waals surface area (Å²) in [6, 6.07) is 17.1. The van der Waals surface area contributed by atoms with Crippen LogP contribution in [0.1, 0.15) is 44.7 Å². The SMILES string of the molecule is CC[C@@H](C)NC(=O)[C@@H](CC)N(Cc1ccc(OC)cc1)C(=O)CN(c1ccc(OC)c(Cl)c1)S(=O)(=O)c1ccc(C)cc1. The molecule has 232 valence electrons. The van der Waals surface area contributed by atoms with E-state index in [4.69, 9.17) is 21.1 Å². The van der Waals surface area contributed by atoms with Crippen molar-refractivity contribution in [3.8, 4) is 11.5 Å². The van der Waals surface area contributed by atoms with Crippen molar-refractivity contribution < 1.29 is 27.5 Å². The first-order valence-corrected chi connectivity index (χ1v) is 15.9. The van der Waals surface area contributed by atoms with Crippen LogP contribution in [0.25, 0.3) is 0 Å². The van der Waals surface area contributed by atoms with E-state index < -0.39 is 28.5 Å². The molecule has 0 heterocycles. The Kier molecular flexibility index (Phi) is 11.9. The van der Waals surface area contributed by atoms with Gasteiger partial charge in [0.05, 0.1) is 29.8 Å². The third-order valence-corrected chi connectivity index (χ3v) is 9.29. The summed E-state index contributed by atoms with van der Waals surface area (Å²) in [7, 11) is -1.21. The fourth-order valence-corrected chi connectivity index (χ4v) is 6.12. The molecule has 3 aromatic carbocycles. The van der Waals surface area contributed by atoms with Gasteiger partial charge in [-0.25, -0.2) is 8.42 Å². The van der Waals surface area contributed by atoms with Gasteiger partial charge in [-0.3, -0.25) is 13.9 Å². The van der Waals surface area contributed by atoms with Crippen molar-refractivity contribution in [1.82, 2.24) is 10.2 Å². The standard InChI is InChI=1S/C32H40ClN3O6S/c1-7-23(4)34-32(38)29(8-2)35(20-24-11-14-26(41-5)15-12-24)31(37)21-36(25-13-18-30(42-6)28(33)19-25)43(39,40)27-16-9-22(3)10-17-27/h9-19,23,29H,7-8,20-21H2,1-6H3,(H,34,38)/t23-,29-/m1/s1. The molecule has 0 bridgehead atoms. The Labute approximate surface area is 259 Å². The molecular weight excluding hydrogens is 590 g/mol. The van der Waals surface area contributed by atoms with E-state index in [1.165, 1.54) is 36.3 Å². The lowest BCUT2D eigenvalue weighted by Gasteiger charge is -2.33. The highest BCUT2D eigenvalue weighted by Gasteiger charge is 2.34. The molecule has 0 unspecified atom stereocenters. The molecule has 1 N–H and O–H groups in total. The highest BCUT2D eigenvalue weighted by atomic mass is 35.5. The number of carbonyl (C=O) groups is 2. The van der Waals surface area contributed by atoms with Gasteiger partial charge in [0.1, 0.15) is 24.1 Å². The predicted molar refractivity (Wildman–Crippen MR) is 169 cm³/mol. The summed E-state index contributed by atoms with van der Waals surface area (Å²) in [5.74, 6) is 0.150. The quantitative estimate of drug-likeness (QED) is 0.250. The molecule has 2 atom stereocenters. The molecule has 0 spiro atoms. The van der Waals surface area contributed by atoms with Crippen LogP contribution >= 0.6 is 11.6 Å². The molecular formula is C32H40ClN3O6S. The predicted octanol–water partition coefficient (Wildman–Crippen LogP) is 5.58. The van der Waals surface area contributed by atoms with Crippen molar-refractivity contribution in [2.24, 2.45) is 0 Å². The number of amides is 2. The van der Waals surface area contributed by atoms with Crippen molar-refractivity contribution in [1.29, 1.82) is 0 Å². The monoisotopic (exact) mass is 629 g/mol. The average Bonchev–Trinajstić information content (AvgIpc) is 2.99. The van der Waals surface area contributed by atoms with Gasteiger partial charge in [0.2, 0.25) is 11.8 Å². The van der Waals surface area contributed by atoms with E-state index in [0.717, 1.165) is 21.9 Å². The fourth-order valence-electron chi connectivity index (χ4n) is 4.46. The zero-order valence-corrected chi connectivity index (χ0v) is 27.0. The summed E-state index contributed by atoms with van der Waals surface area (Å²) in [6.07, 6.45) is 1.04. The molecule has 0 aliphatic heterocycles. The minimum Gasteiger partial charge on any atom is -0.497 e. The lowest BCUT2D eigenvalue weighted by molar-refractivity contribution is -0.140. The van der Waals surface area contributed by atoms with E-state index in [1.54, 1.807) is 37.4 Å². The Morgan fingerprint density at radius 3 is 2.12 bits per heavy atom. The lowest BCUT2D eigenvalue weighted by Crippen LogP contribution is -2.53. The van der Waals surface area contributed by atoms with Crippen LogP contribution < -0.4 is 19.1 Å². The highest BCUT2D eigenvalue weighted by Crippen LogP contribution is 2.32. The third-order valence-electron chi connectivity index (χ3n) is 7.21. The number of benzene rings is 3. The Balaban J connectivity index is 2.09. The van der Waals surface area contributed by atoms with Crippen LogP contribution in [0.2, 0.25) is 5.02 Å². The first-order chi connectivity index (χ1) is 20.4. The molecule has 2 amide bonds. The number of halogens is 1. The second kappa shape index (κ2) is 15.1.